The number of nitrogens with zero attached hydrogens (tertiary/aromatic N) is 2. The average molecular weight is 421 g/mol. The van der Waals surface area contributed by atoms with Gasteiger partial charge in [-0.1, -0.05) is 24.3 Å². The predicted molar refractivity (Wildman–Crippen MR) is 110 cm³/mol. The summed E-state index contributed by atoms with van der Waals surface area (Å²) >= 11 is 0. The molecule has 9 nitrogen and oxygen atoms in total. The molecule has 0 spiro atoms. The first-order valence-electron chi connectivity index (χ1n) is 8.69. The summed E-state index contributed by atoms with van der Waals surface area (Å²) in [6.07, 6.45) is 0.947. The fraction of sp³-hybridized carbons (Fsp3) is 0.316. The van der Waals surface area contributed by atoms with Gasteiger partial charge in [-0.25, -0.2) is 8.42 Å². The summed E-state index contributed by atoms with van der Waals surface area (Å²) < 4.78 is 30.8. The van der Waals surface area contributed by atoms with Gasteiger partial charge in [-0.05, 0) is 25.5 Å². The summed E-state index contributed by atoms with van der Waals surface area (Å²) in [7, 11) is -2.35. The zero-order valence-electron chi connectivity index (χ0n) is 16.6. The molecule has 156 valence electrons. The molecule has 0 aliphatic heterocycles. The van der Waals surface area contributed by atoms with Crippen molar-refractivity contribution in [1.29, 1.82) is 0 Å². The Bertz CT molecular complexity index is 1020. The lowest BCUT2D eigenvalue weighted by atomic mass is 10.1. The number of nitrogens with one attached hydrogen (secondary N) is 1. The van der Waals surface area contributed by atoms with Gasteiger partial charge in [-0.3, -0.25) is 19.2 Å². The van der Waals surface area contributed by atoms with Gasteiger partial charge in [-0.15, -0.1) is 0 Å². The number of anilines is 1. The number of para-hydroxylation sites is 1. The van der Waals surface area contributed by atoms with Crippen molar-refractivity contribution in [3.8, 4) is 5.75 Å². The van der Waals surface area contributed by atoms with Crippen LogP contribution in [0.4, 0.5) is 11.4 Å². The molecule has 1 atom stereocenters. The van der Waals surface area contributed by atoms with Crippen LogP contribution in [0.5, 0.6) is 5.75 Å². The molecule has 2 aromatic rings. The lowest BCUT2D eigenvalue weighted by molar-refractivity contribution is -0.384. The second kappa shape index (κ2) is 8.91. The Labute approximate surface area is 169 Å². The van der Waals surface area contributed by atoms with Gasteiger partial charge in [0, 0.05) is 17.7 Å². The maximum Gasteiger partial charge on any atom is 0.271 e. The van der Waals surface area contributed by atoms with Crippen molar-refractivity contribution in [1.82, 2.24) is 5.32 Å². The minimum atomic E-state index is -3.87. The molecule has 10 heteroatoms. The molecule has 2 aromatic carbocycles. The molecule has 0 radical (unpaired) electrons. The third kappa shape index (κ3) is 5.44. The number of carbonyl (C=O) groups excluding carboxylic acids is 1. The number of ether oxygens (including phenoxy) is 1. The van der Waals surface area contributed by atoms with E-state index < -0.39 is 33.4 Å². The number of non-ortho nitro benzene ring substituents is 1. The highest BCUT2D eigenvalue weighted by atomic mass is 32.2. The van der Waals surface area contributed by atoms with E-state index >= 15 is 0 Å². The van der Waals surface area contributed by atoms with Crippen LogP contribution in [-0.4, -0.2) is 39.2 Å². The van der Waals surface area contributed by atoms with E-state index in [9.17, 15) is 23.3 Å². The maximum atomic E-state index is 12.6. The van der Waals surface area contributed by atoms with Gasteiger partial charge in [0.2, 0.25) is 15.9 Å². The van der Waals surface area contributed by atoms with E-state index in [-0.39, 0.29) is 11.4 Å². The summed E-state index contributed by atoms with van der Waals surface area (Å²) in [5.41, 5.74) is 1.05. The van der Waals surface area contributed by atoms with Gasteiger partial charge in [0.15, 0.2) is 0 Å². The lowest BCUT2D eigenvalue weighted by Crippen LogP contribution is -2.41. The number of carbonyl (C=O) groups is 1. The molecule has 0 bridgehead atoms. The Morgan fingerprint density at radius 1 is 1.28 bits per heavy atom. The van der Waals surface area contributed by atoms with E-state index in [1.807, 2.05) is 0 Å². The minimum absolute atomic E-state index is 0.0850. The average Bonchev–Trinajstić information content (AvgIpc) is 2.65. The molecule has 0 aliphatic rings. The zero-order chi connectivity index (χ0) is 21.8. The van der Waals surface area contributed by atoms with Crippen LogP contribution in [0.2, 0.25) is 0 Å². The molecule has 0 unspecified atom stereocenters. The number of benzene rings is 2. The Balaban J connectivity index is 2.29. The summed E-state index contributed by atoms with van der Waals surface area (Å²) in [4.78, 5) is 23.0. The second-order valence-electron chi connectivity index (χ2n) is 6.53. The molecule has 2 rings (SSSR count). The highest BCUT2D eigenvalue weighted by Crippen LogP contribution is 2.28. The van der Waals surface area contributed by atoms with Crippen LogP contribution in [0.15, 0.2) is 42.5 Å². The largest absolute Gasteiger partial charge is 0.496 e. The van der Waals surface area contributed by atoms with E-state index in [2.05, 4.69) is 5.32 Å². The van der Waals surface area contributed by atoms with Crippen molar-refractivity contribution >= 4 is 27.3 Å². The molecular weight excluding hydrogens is 398 g/mol. The SMILES string of the molecule is COc1ccccc1[C@H](C)NC(=O)CN(c1cc([N+](=O)[O-])ccc1C)S(C)(=O)=O. The van der Waals surface area contributed by atoms with E-state index in [0.29, 0.717) is 11.3 Å². The summed E-state index contributed by atoms with van der Waals surface area (Å²) in [6.45, 7) is 2.85. The summed E-state index contributed by atoms with van der Waals surface area (Å²) in [5, 5.41) is 13.8. The molecule has 1 N–H and O–H groups in total. The number of nitro benzene ring substituents is 1. The van der Waals surface area contributed by atoms with Crippen LogP contribution >= 0.6 is 0 Å². The molecule has 29 heavy (non-hydrogen) atoms. The summed E-state index contributed by atoms with van der Waals surface area (Å²) in [5.74, 6) is 0.0366. The van der Waals surface area contributed by atoms with Gasteiger partial charge in [0.25, 0.3) is 5.69 Å². The topological polar surface area (TPSA) is 119 Å². The fourth-order valence-electron chi connectivity index (χ4n) is 2.88. The molecule has 0 fully saturated rings. The van der Waals surface area contributed by atoms with E-state index in [4.69, 9.17) is 4.74 Å². The van der Waals surface area contributed by atoms with Crippen molar-refractivity contribution in [3.05, 3.63) is 63.7 Å². The van der Waals surface area contributed by atoms with E-state index in [0.717, 1.165) is 22.2 Å². The first-order valence-corrected chi connectivity index (χ1v) is 10.5. The standard InChI is InChI=1S/C19H23N3O6S/c1-13-9-10-15(22(24)25)11-17(13)21(29(4,26)27)12-19(23)20-14(2)16-7-5-6-8-18(16)28-3/h5-11,14H,12H2,1-4H3,(H,20,23)/t14-/m0/s1. The van der Waals surface area contributed by atoms with Crippen LogP contribution < -0.4 is 14.4 Å². The third-order valence-corrected chi connectivity index (χ3v) is 5.47. The fourth-order valence-corrected chi connectivity index (χ4v) is 3.79. The molecule has 0 aromatic heterocycles. The van der Waals surface area contributed by atoms with E-state index in [1.54, 1.807) is 38.1 Å². The Morgan fingerprint density at radius 2 is 1.93 bits per heavy atom. The lowest BCUT2D eigenvalue weighted by Gasteiger charge is -2.25. The highest BCUT2D eigenvalue weighted by Gasteiger charge is 2.25. The van der Waals surface area contributed by atoms with Gasteiger partial charge >= 0.3 is 0 Å². The van der Waals surface area contributed by atoms with Gasteiger partial charge < -0.3 is 10.1 Å². The number of rotatable bonds is 8. The number of hydrogen-bond donors (Lipinski definition) is 1. The van der Waals surface area contributed by atoms with Crippen molar-refractivity contribution in [3.63, 3.8) is 0 Å². The van der Waals surface area contributed by atoms with Gasteiger partial charge in [0.05, 0.1) is 30.0 Å². The Kier molecular flexibility index (Phi) is 6.80. The zero-order valence-corrected chi connectivity index (χ0v) is 17.4. The number of methoxy groups -OCH3 is 1. The number of sulfonamides is 1. The van der Waals surface area contributed by atoms with Gasteiger partial charge in [-0.2, -0.15) is 0 Å². The molecule has 1 amide bonds. The second-order valence-corrected chi connectivity index (χ2v) is 8.44. The van der Waals surface area contributed by atoms with Crippen molar-refractivity contribution in [2.45, 2.75) is 19.9 Å². The maximum absolute atomic E-state index is 12.6. The van der Waals surface area contributed by atoms with Crippen molar-refractivity contribution in [2.75, 3.05) is 24.2 Å². The summed E-state index contributed by atoms with van der Waals surface area (Å²) in [6, 6.07) is 10.6. The van der Waals surface area contributed by atoms with Crippen LogP contribution in [0.1, 0.15) is 24.1 Å². The molecule has 0 saturated heterocycles. The van der Waals surface area contributed by atoms with Crippen LogP contribution in [0.3, 0.4) is 0 Å². The van der Waals surface area contributed by atoms with Crippen LogP contribution in [0.25, 0.3) is 0 Å². The van der Waals surface area contributed by atoms with Crippen LogP contribution in [0, 0.1) is 17.0 Å². The Hall–Kier alpha value is -3.14. The number of amides is 1. The molecule has 0 aliphatic carbocycles. The smallest absolute Gasteiger partial charge is 0.271 e. The first kappa shape index (κ1) is 22.2. The van der Waals surface area contributed by atoms with Crippen molar-refractivity contribution in [2.24, 2.45) is 0 Å². The van der Waals surface area contributed by atoms with Crippen molar-refractivity contribution < 1.29 is 22.9 Å². The molecular formula is C19H23N3O6S. The minimum Gasteiger partial charge on any atom is -0.496 e. The molecule has 0 heterocycles. The monoisotopic (exact) mass is 421 g/mol. The Morgan fingerprint density at radius 3 is 2.52 bits per heavy atom. The highest BCUT2D eigenvalue weighted by molar-refractivity contribution is 7.92. The number of hydrogen-bond acceptors (Lipinski definition) is 6. The number of nitro groups is 1. The predicted octanol–water partition coefficient (Wildman–Crippen LogP) is 2.56. The first-order chi connectivity index (χ1) is 13.5. The third-order valence-electron chi connectivity index (χ3n) is 4.34. The van der Waals surface area contributed by atoms with Crippen LogP contribution in [-0.2, 0) is 14.8 Å². The molecule has 0 saturated carbocycles. The number of aryl methyl sites for hydroxylation is 1. The van der Waals surface area contributed by atoms with Gasteiger partial charge in [0.1, 0.15) is 12.3 Å². The normalized spacial score (nSPS) is 12.1. The van der Waals surface area contributed by atoms with E-state index in [1.165, 1.54) is 19.2 Å². The quantitative estimate of drug-likeness (QED) is 0.517.